The van der Waals surface area contributed by atoms with Crippen LogP contribution in [0, 0.1) is 29.8 Å². The van der Waals surface area contributed by atoms with E-state index < -0.39 is 16.7 Å². The maximum Gasteiger partial charge on any atom is 0.334 e. The van der Waals surface area contributed by atoms with Crippen LogP contribution in [0.15, 0.2) is 53.1 Å². The number of hydrogen-bond donors (Lipinski definition) is 0. The molecule has 0 aliphatic rings. The molecule has 0 spiro atoms. The maximum atomic E-state index is 13.3. The number of nitrogens with zero attached hydrogens (tertiary/aromatic N) is 2. The van der Waals surface area contributed by atoms with Gasteiger partial charge in [-0.1, -0.05) is 47.1 Å². The maximum absolute atomic E-state index is 13.3. The lowest BCUT2D eigenvalue weighted by molar-refractivity contribution is -0.386. The van der Waals surface area contributed by atoms with E-state index in [4.69, 9.17) is 4.52 Å². The Bertz CT molecular complexity index is 994. The zero-order valence-electron chi connectivity index (χ0n) is 15.5. The van der Waals surface area contributed by atoms with E-state index in [2.05, 4.69) is 5.16 Å². The van der Waals surface area contributed by atoms with Gasteiger partial charge in [0.05, 0.1) is 4.92 Å². The molecule has 1 aromatic heterocycles. The number of ketones is 1. The first-order chi connectivity index (χ1) is 13.3. The number of benzene rings is 2. The van der Waals surface area contributed by atoms with Crippen molar-refractivity contribution < 1.29 is 18.6 Å². The second-order valence-corrected chi connectivity index (χ2v) is 6.74. The third-order valence-corrected chi connectivity index (χ3v) is 4.66. The summed E-state index contributed by atoms with van der Waals surface area (Å²) in [5.41, 5.74) is 2.29. The lowest BCUT2D eigenvalue weighted by Gasteiger charge is -2.15. The van der Waals surface area contributed by atoms with Gasteiger partial charge in [0.1, 0.15) is 5.82 Å². The Morgan fingerprint density at radius 1 is 1.14 bits per heavy atom. The first-order valence-electron chi connectivity index (χ1n) is 8.80. The molecule has 0 saturated carbocycles. The van der Waals surface area contributed by atoms with E-state index >= 15 is 0 Å². The van der Waals surface area contributed by atoms with Crippen LogP contribution in [0.2, 0.25) is 0 Å². The first-order valence-corrected chi connectivity index (χ1v) is 8.80. The van der Waals surface area contributed by atoms with Crippen molar-refractivity contribution in [1.82, 2.24) is 5.16 Å². The first kappa shape index (κ1) is 19.4. The molecule has 1 unspecified atom stereocenters. The molecule has 0 aliphatic heterocycles. The van der Waals surface area contributed by atoms with Crippen molar-refractivity contribution >= 4 is 11.5 Å². The van der Waals surface area contributed by atoms with Gasteiger partial charge in [0.2, 0.25) is 5.76 Å². The minimum Gasteiger partial charge on any atom is -0.354 e. The van der Waals surface area contributed by atoms with Crippen molar-refractivity contribution in [2.24, 2.45) is 0 Å². The summed E-state index contributed by atoms with van der Waals surface area (Å²) in [5, 5.41) is 15.0. The molecule has 0 aliphatic carbocycles. The van der Waals surface area contributed by atoms with Crippen LogP contribution in [0.4, 0.5) is 10.1 Å². The standard InChI is InChI=1S/C21H19FN2O4/c1-13-3-5-16(6-4-13)19(25)11-17(15-7-9-18(22)10-8-15)12-20-21(24(26)27)14(2)23-28-20/h3-10,17H,11-12H2,1-2H3. The van der Waals surface area contributed by atoms with Crippen molar-refractivity contribution in [2.45, 2.75) is 32.6 Å². The van der Waals surface area contributed by atoms with Gasteiger partial charge in [-0.25, -0.2) is 4.39 Å². The van der Waals surface area contributed by atoms with Crippen LogP contribution < -0.4 is 0 Å². The largest absolute Gasteiger partial charge is 0.354 e. The van der Waals surface area contributed by atoms with Crippen LogP contribution in [0.5, 0.6) is 0 Å². The van der Waals surface area contributed by atoms with E-state index in [0.717, 1.165) is 5.56 Å². The molecule has 1 atom stereocenters. The number of aromatic nitrogens is 1. The predicted molar refractivity (Wildman–Crippen MR) is 101 cm³/mol. The van der Waals surface area contributed by atoms with Crippen molar-refractivity contribution in [2.75, 3.05) is 0 Å². The summed E-state index contributed by atoms with van der Waals surface area (Å²) in [7, 11) is 0. The number of rotatable bonds is 7. The fraction of sp³-hybridized carbons (Fsp3) is 0.238. The summed E-state index contributed by atoms with van der Waals surface area (Å²) in [6, 6.07) is 13.0. The molecule has 144 valence electrons. The number of nitro groups is 1. The highest BCUT2D eigenvalue weighted by Gasteiger charge is 2.28. The number of Topliss-reactive ketones (excluding diaryl/α,β-unsaturated/α-hetero) is 1. The Morgan fingerprint density at radius 2 is 1.79 bits per heavy atom. The van der Waals surface area contributed by atoms with Crippen molar-refractivity contribution in [3.8, 4) is 0 Å². The third-order valence-electron chi connectivity index (χ3n) is 4.66. The molecule has 0 amide bonds. The van der Waals surface area contributed by atoms with E-state index in [0.29, 0.717) is 11.1 Å². The SMILES string of the molecule is Cc1ccc(C(=O)CC(Cc2onc(C)c2[N+](=O)[O-])c2ccc(F)cc2)cc1. The van der Waals surface area contributed by atoms with Crippen molar-refractivity contribution in [3.05, 3.63) is 92.6 Å². The Morgan fingerprint density at radius 3 is 2.39 bits per heavy atom. The van der Waals surface area contributed by atoms with Gasteiger partial charge in [-0.2, -0.15) is 0 Å². The van der Waals surface area contributed by atoms with Gasteiger partial charge in [0.15, 0.2) is 11.5 Å². The minimum absolute atomic E-state index is 0.103. The highest BCUT2D eigenvalue weighted by Crippen LogP contribution is 2.32. The summed E-state index contributed by atoms with van der Waals surface area (Å²) in [6.07, 6.45) is 0.214. The lowest BCUT2D eigenvalue weighted by Crippen LogP contribution is -2.11. The normalized spacial score (nSPS) is 12.0. The highest BCUT2D eigenvalue weighted by atomic mass is 19.1. The summed E-state index contributed by atoms with van der Waals surface area (Å²) in [6.45, 7) is 3.43. The van der Waals surface area contributed by atoms with Crippen LogP contribution in [-0.4, -0.2) is 15.9 Å². The second kappa shape index (κ2) is 8.12. The molecule has 7 heteroatoms. The Kier molecular flexibility index (Phi) is 5.63. The molecular formula is C21H19FN2O4. The van der Waals surface area contributed by atoms with Crippen molar-refractivity contribution in [1.29, 1.82) is 0 Å². The molecule has 0 radical (unpaired) electrons. The average Bonchev–Trinajstić information content (AvgIpc) is 3.02. The van der Waals surface area contributed by atoms with E-state index in [1.807, 2.05) is 19.1 Å². The predicted octanol–water partition coefficient (Wildman–Crippen LogP) is 4.94. The van der Waals surface area contributed by atoms with E-state index in [9.17, 15) is 19.3 Å². The second-order valence-electron chi connectivity index (χ2n) is 6.74. The molecule has 3 rings (SSSR count). The molecular weight excluding hydrogens is 363 g/mol. The quantitative estimate of drug-likeness (QED) is 0.328. The van der Waals surface area contributed by atoms with E-state index in [1.165, 1.54) is 19.1 Å². The zero-order chi connectivity index (χ0) is 20.3. The van der Waals surface area contributed by atoms with Crippen LogP contribution in [0.1, 0.15) is 45.3 Å². The number of carbonyl (C=O) groups excluding carboxylic acids is 1. The average molecular weight is 382 g/mol. The number of carbonyl (C=O) groups is 1. The third kappa shape index (κ3) is 4.31. The molecule has 2 aromatic carbocycles. The summed E-state index contributed by atoms with van der Waals surface area (Å²) >= 11 is 0. The topological polar surface area (TPSA) is 86.2 Å². The van der Waals surface area contributed by atoms with Crippen molar-refractivity contribution in [3.63, 3.8) is 0 Å². The van der Waals surface area contributed by atoms with E-state index in [1.54, 1.807) is 24.3 Å². The lowest BCUT2D eigenvalue weighted by atomic mass is 9.87. The Hall–Kier alpha value is -3.35. The molecule has 0 bridgehead atoms. The minimum atomic E-state index is -0.537. The molecule has 0 fully saturated rings. The van der Waals surface area contributed by atoms with Gasteiger partial charge in [0.25, 0.3) is 0 Å². The van der Waals surface area contributed by atoms with Crippen LogP contribution >= 0.6 is 0 Å². The van der Waals surface area contributed by atoms with Gasteiger partial charge < -0.3 is 4.52 Å². The van der Waals surface area contributed by atoms with E-state index in [-0.39, 0.29) is 35.8 Å². The molecule has 3 aromatic rings. The highest BCUT2D eigenvalue weighted by molar-refractivity contribution is 5.96. The molecule has 0 N–H and O–H groups in total. The monoisotopic (exact) mass is 382 g/mol. The fourth-order valence-corrected chi connectivity index (χ4v) is 3.13. The molecule has 0 saturated heterocycles. The van der Waals surface area contributed by atoms with Gasteiger partial charge in [0, 0.05) is 18.4 Å². The number of halogens is 1. The molecule has 6 nitrogen and oxygen atoms in total. The van der Waals surface area contributed by atoms with Gasteiger partial charge in [-0.05, 0) is 37.5 Å². The van der Waals surface area contributed by atoms with Gasteiger partial charge in [-0.3, -0.25) is 14.9 Å². The Balaban J connectivity index is 1.91. The van der Waals surface area contributed by atoms with Crippen LogP contribution in [0.25, 0.3) is 0 Å². The summed E-state index contributed by atoms with van der Waals surface area (Å²) < 4.78 is 18.5. The summed E-state index contributed by atoms with van der Waals surface area (Å²) in [4.78, 5) is 23.6. The fourth-order valence-electron chi connectivity index (χ4n) is 3.13. The van der Waals surface area contributed by atoms with Crippen LogP contribution in [0.3, 0.4) is 0 Å². The zero-order valence-corrected chi connectivity index (χ0v) is 15.5. The Labute approximate surface area is 161 Å². The van der Waals surface area contributed by atoms with Crippen LogP contribution in [-0.2, 0) is 6.42 Å². The molecule has 28 heavy (non-hydrogen) atoms. The number of hydrogen-bond acceptors (Lipinski definition) is 5. The smallest absolute Gasteiger partial charge is 0.334 e. The number of aryl methyl sites for hydroxylation is 2. The molecule has 1 heterocycles. The summed E-state index contributed by atoms with van der Waals surface area (Å²) in [5.74, 6) is -0.809. The van der Waals surface area contributed by atoms with Gasteiger partial charge in [-0.15, -0.1) is 0 Å². The van der Waals surface area contributed by atoms with Gasteiger partial charge >= 0.3 is 5.69 Å².